The maximum atomic E-state index is 12.1. The number of anilines is 1. The van der Waals surface area contributed by atoms with Crippen molar-refractivity contribution in [1.82, 2.24) is 19.5 Å². The number of halogens is 2. The Morgan fingerprint density at radius 1 is 1.30 bits per heavy atom. The second-order valence-electron chi connectivity index (χ2n) is 6.63. The van der Waals surface area contributed by atoms with Crippen LogP contribution in [0.15, 0.2) is 11.1 Å². The second kappa shape index (κ2) is 9.17. The summed E-state index contributed by atoms with van der Waals surface area (Å²) in [5.41, 5.74) is 4.92. The summed E-state index contributed by atoms with van der Waals surface area (Å²) in [6.45, 7) is -0.832. The number of rotatable bonds is 8. The molecule has 3 rings (SSSR count). The number of aliphatic hydroxyl groups is 1. The molecule has 0 saturated carbocycles. The minimum absolute atomic E-state index is 0.0490. The van der Waals surface area contributed by atoms with Crippen LogP contribution in [0.5, 0.6) is 0 Å². The number of alkyl halides is 2. The molecule has 33 heavy (non-hydrogen) atoms. The lowest BCUT2D eigenvalue weighted by atomic mass is 10.2. The molecule has 0 spiro atoms. The lowest BCUT2D eigenvalue weighted by Crippen LogP contribution is -2.26. The fourth-order valence-electron chi connectivity index (χ4n) is 2.73. The average Bonchev–Trinajstić information content (AvgIpc) is 3.21. The van der Waals surface area contributed by atoms with Crippen molar-refractivity contribution in [2.75, 3.05) is 12.3 Å². The number of imidazole rings is 1. The van der Waals surface area contributed by atoms with Gasteiger partial charge in [0.1, 0.15) is 12.3 Å². The van der Waals surface area contributed by atoms with Crippen molar-refractivity contribution in [2.24, 2.45) is 0 Å². The Kier molecular flexibility index (Phi) is 7.52. The van der Waals surface area contributed by atoms with Crippen LogP contribution in [0.3, 0.4) is 0 Å². The number of fused-ring (bicyclic) bond motifs is 1. The Labute approximate surface area is 199 Å². The van der Waals surface area contributed by atoms with E-state index in [1.54, 1.807) is 0 Å². The number of hydrogen-bond acceptors (Lipinski definition) is 11. The molecule has 22 heteroatoms. The highest BCUT2D eigenvalue weighted by atomic mass is 79.9. The van der Waals surface area contributed by atoms with Crippen molar-refractivity contribution in [3.05, 3.63) is 16.7 Å². The van der Waals surface area contributed by atoms with Gasteiger partial charge in [-0.05, 0) is 31.9 Å². The van der Waals surface area contributed by atoms with Gasteiger partial charge < -0.3 is 35.2 Å². The quantitative estimate of drug-likeness (QED) is 0.147. The first-order valence-corrected chi connectivity index (χ1v) is 14.7. The zero-order valence-corrected chi connectivity index (χ0v) is 21.7. The van der Waals surface area contributed by atoms with E-state index in [1.807, 2.05) is 0 Å². The summed E-state index contributed by atoms with van der Waals surface area (Å²) in [5, 5.41) is 10.2. The monoisotopic (exact) mass is 661 g/mol. The maximum Gasteiger partial charge on any atom is 0.479 e. The van der Waals surface area contributed by atoms with E-state index in [1.165, 1.54) is 10.9 Å². The summed E-state index contributed by atoms with van der Waals surface area (Å²) in [6.07, 6.45) is -2.35. The molecule has 0 aliphatic carbocycles. The fraction of sp³-hybridized carbons (Fsp3) is 0.545. The number of nitrogens with one attached hydrogen (secondary N) is 1. The zero-order chi connectivity index (χ0) is 25.0. The van der Waals surface area contributed by atoms with Gasteiger partial charge in [-0.25, -0.2) is 13.9 Å². The Morgan fingerprint density at radius 2 is 1.94 bits per heavy atom. The molecule has 1 aliphatic rings. The second-order valence-corrected chi connectivity index (χ2v) is 18.2. The summed E-state index contributed by atoms with van der Waals surface area (Å²) >= 11 is 4.56. The predicted molar refractivity (Wildman–Crippen MR) is 116 cm³/mol. The van der Waals surface area contributed by atoms with E-state index in [2.05, 4.69) is 55.6 Å². The molecule has 1 fully saturated rings. The van der Waals surface area contributed by atoms with Gasteiger partial charge in [0, 0.05) is 6.42 Å². The number of phosphoric ester groups is 1. The van der Waals surface area contributed by atoms with E-state index in [4.69, 9.17) is 20.3 Å². The fourth-order valence-corrected chi connectivity index (χ4v) is 7.58. The van der Waals surface area contributed by atoms with Crippen LogP contribution in [0, 0.1) is 0 Å². The molecule has 2 unspecified atom stereocenters. The summed E-state index contributed by atoms with van der Waals surface area (Å²) in [4.78, 5) is 59.8. The molecule has 0 bridgehead atoms. The molecule has 0 radical (unpaired) electrons. The maximum absolute atomic E-state index is 12.1. The predicted octanol–water partition coefficient (Wildman–Crippen LogP) is 0.248. The third kappa shape index (κ3) is 5.51. The van der Waals surface area contributed by atoms with E-state index < -0.39 is 56.3 Å². The SMILES string of the molecule is Nc1nc2c(ncn2[C@H]2C[C@H](O)[C@@H](COP(=O)(O)OP(=O)(O)C(Br)(Br)P(=O)(O)O)O2)c(=O)[nH]1. The van der Waals surface area contributed by atoms with Crippen molar-refractivity contribution in [3.8, 4) is 0 Å². The molecule has 17 nitrogen and oxygen atoms in total. The van der Waals surface area contributed by atoms with Crippen molar-refractivity contribution < 1.29 is 51.9 Å². The highest BCUT2D eigenvalue weighted by Gasteiger charge is 2.61. The molecule has 0 amide bonds. The highest BCUT2D eigenvalue weighted by Crippen LogP contribution is 2.81. The number of hydrogen-bond donors (Lipinski definition) is 7. The van der Waals surface area contributed by atoms with Gasteiger partial charge in [0.2, 0.25) is 5.95 Å². The molecule has 2 aromatic heterocycles. The van der Waals surface area contributed by atoms with Crippen LogP contribution in [0.1, 0.15) is 12.6 Å². The molecule has 1 saturated heterocycles. The summed E-state index contributed by atoms with van der Waals surface area (Å²) < 4.78 is 48.0. The van der Waals surface area contributed by atoms with Crippen LogP contribution in [0.25, 0.3) is 11.2 Å². The first kappa shape index (κ1) is 27.1. The molecule has 8 N–H and O–H groups in total. The van der Waals surface area contributed by atoms with E-state index in [9.17, 15) is 33.4 Å². The van der Waals surface area contributed by atoms with E-state index in [0.717, 1.165) is 0 Å². The molecular formula is C11H16Br2N5O12P3. The van der Waals surface area contributed by atoms with Gasteiger partial charge in [-0.15, -0.1) is 0 Å². The van der Waals surface area contributed by atoms with Crippen molar-refractivity contribution in [1.29, 1.82) is 0 Å². The zero-order valence-electron chi connectivity index (χ0n) is 15.8. The summed E-state index contributed by atoms with van der Waals surface area (Å²) in [5.74, 6) is -0.190. The standard InChI is InChI=1S/C11H16Br2N5O12P3/c12-11(13,31(21,22)23)32(24,25)30-33(26,27)28-2-5-4(19)1-6(29-5)18-3-15-7-8(18)16-10(14)17-9(7)20/h3-6,19H,1-2H2,(H,24,25)(H,26,27)(H2,21,22,23)(H3,14,16,17,20)/t4-,5+,6+/m0/s1. The van der Waals surface area contributed by atoms with Gasteiger partial charge in [0.05, 0.1) is 19.0 Å². The van der Waals surface area contributed by atoms with Gasteiger partial charge in [0.25, 0.3) is 8.27 Å². The number of nitrogens with two attached hydrogens (primary N) is 1. The smallest absolute Gasteiger partial charge is 0.390 e. The third-order valence-corrected chi connectivity index (χ3v) is 14.8. The summed E-state index contributed by atoms with van der Waals surface area (Å²) in [6, 6.07) is 0. The molecule has 2 aromatic rings. The van der Waals surface area contributed by atoms with Crippen LogP contribution in [0.4, 0.5) is 5.95 Å². The van der Waals surface area contributed by atoms with Crippen LogP contribution in [-0.2, 0) is 27.3 Å². The lowest BCUT2D eigenvalue weighted by Gasteiger charge is -2.27. The van der Waals surface area contributed by atoms with Crippen LogP contribution in [0.2, 0.25) is 0 Å². The topological polar surface area (TPSA) is 270 Å². The Bertz CT molecular complexity index is 1260. The van der Waals surface area contributed by atoms with Crippen LogP contribution < -0.4 is 11.3 Å². The number of nitrogens with zero attached hydrogens (tertiary/aromatic N) is 3. The number of phosphoric acid groups is 1. The van der Waals surface area contributed by atoms with Gasteiger partial charge in [-0.3, -0.25) is 28.0 Å². The Morgan fingerprint density at radius 3 is 2.55 bits per heavy atom. The number of aromatic nitrogens is 4. The number of aromatic amines is 1. The summed E-state index contributed by atoms with van der Waals surface area (Å²) in [7, 11) is -16.3. The van der Waals surface area contributed by atoms with Gasteiger partial charge >= 0.3 is 23.0 Å². The largest absolute Gasteiger partial charge is 0.479 e. The number of aliphatic hydroxyl groups excluding tert-OH is 1. The first-order valence-electron chi connectivity index (χ1n) is 8.46. The minimum Gasteiger partial charge on any atom is -0.390 e. The van der Waals surface area contributed by atoms with E-state index in [-0.39, 0.29) is 23.5 Å². The van der Waals surface area contributed by atoms with Gasteiger partial charge in [-0.2, -0.15) is 4.98 Å². The molecule has 1 aliphatic heterocycles. The third-order valence-electron chi connectivity index (χ3n) is 4.27. The van der Waals surface area contributed by atoms with Gasteiger partial charge in [-0.1, -0.05) is 0 Å². The minimum atomic E-state index is -5.54. The van der Waals surface area contributed by atoms with Crippen LogP contribution in [-0.4, -0.2) is 65.7 Å². The number of nitrogen functional groups attached to an aromatic ring is 1. The highest BCUT2D eigenvalue weighted by molar-refractivity contribution is 9.29. The molecule has 5 atom stereocenters. The van der Waals surface area contributed by atoms with Crippen molar-refractivity contribution in [2.45, 2.75) is 27.6 Å². The van der Waals surface area contributed by atoms with E-state index in [0.29, 0.717) is 0 Å². The molecular weight excluding hydrogens is 647 g/mol. The Hall–Kier alpha value is -0.520. The number of H-pyrrole nitrogens is 1. The van der Waals surface area contributed by atoms with E-state index >= 15 is 0 Å². The van der Waals surface area contributed by atoms with Crippen molar-refractivity contribution >= 4 is 72.0 Å². The van der Waals surface area contributed by atoms with Gasteiger partial charge in [0.15, 0.2) is 11.2 Å². The number of ether oxygens (including phenoxy) is 1. The molecule has 186 valence electrons. The first-order chi connectivity index (χ1) is 15.0. The lowest BCUT2D eigenvalue weighted by molar-refractivity contribution is -0.0421. The normalized spacial score (nSPS) is 25.7. The Balaban J connectivity index is 1.70. The average molecular weight is 663 g/mol. The molecule has 0 aromatic carbocycles. The van der Waals surface area contributed by atoms with Crippen LogP contribution >= 0.6 is 54.9 Å². The van der Waals surface area contributed by atoms with Crippen molar-refractivity contribution in [3.63, 3.8) is 0 Å². The molecule has 3 heterocycles.